The fraction of sp³-hybridized carbons (Fsp3) is 0.769. The summed E-state index contributed by atoms with van der Waals surface area (Å²) in [5, 5.41) is 5.76. The van der Waals surface area contributed by atoms with Crippen LogP contribution in [0.3, 0.4) is 0 Å². The lowest BCUT2D eigenvalue weighted by atomic mass is 10.1. The first-order valence-corrected chi connectivity index (χ1v) is 7.13. The van der Waals surface area contributed by atoms with E-state index in [1.54, 1.807) is 4.90 Å². The molecule has 0 saturated carbocycles. The van der Waals surface area contributed by atoms with Crippen molar-refractivity contribution in [1.29, 1.82) is 0 Å². The number of nitrogens with zero attached hydrogens (tertiary/aromatic N) is 1. The molecule has 0 radical (unpaired) electrons. The summed E-state index contributed by atoms with van der Waals surface area (Å²) < 4.78 is 0. The minimum absolute atomic E-state index is 0.0281. The number of amides is 3. The van der Waals surface area contributed by atoms with Crippen LogP contribution in [0.2, 0.25) is 0 Å². The quantitative estimate of drug-likeness (QED) is 0.575. The zero-order valence-electron chi connectivity index (χ0n) is 11.6. The molecule has 4 N–H and O–H groups in total. The van der Waals surface area contributed by atoms with Gasteiger partial charge in [-0.25, -0.2) is 0 Å². The lowest BCUT2D eigenvalue weighted by Crippen LogP contribution is -2.45. The minimum Gasteiger partial charge on any atom is -0.370 e. The second kappa shape index (κ2) is 6.69. The smallest absolute Gasteiger partial charge is 0.241 e. The lowest BCUT2D eigenvalue weighted by molar-refractivity contribution is -0.132. The molecular formula is C13H22N4O3. The average molecular weight is 282 g/mol. The second-order valence-corrected chi connectivity index (χ2v) is 5.53. The van der Waals surface area contributed by atoms with E-state index in [0.717, 1.165) is 25.8 Å². The Hall–Kier alpha value is -1.63. The Balaban J connectivity index is 1.70. The second-order valence-electron chi connectivity index (χ2n) is 5.53. The van der Waals surface area contributed by atoms with Crippen LogP contribution in [0.5, 0.6) is 0 Å². The molecule has 0 spiro atoms. The first-order valence-electron chi connectivity index (χ1n) is 7.13. The van der Waals surface area contributed by atoms with E-state index < -0.39 is 0 Å². The Morgan fingerprint density at radius 2 is 2.10 bits per heavy atom. The van der Waals surface area contributed by atoms with E-state index in [-0.39, 0.29) is 36.2 Å². The number of likely N-dealkylation sites (tertiary alicyclic amines) is 1. The largest absolute Gasteiger partial charge is 0.370 e. The molecule has 7 nitrogen and oxygen atoms in total. The fourth-order valence-corrected chi connectivity index (χ4v) is 2.82. The van der Waals surface area contributed by atoms with Gasteiger partial charge in [0.15, 0.2) is 0 Å². The van der Waals surface area contributed by atoms with Gasteiger partial charge in [-0.3, -0.25) is 14.4 Å². The predicted molar refractivity (Wildman–Crippen MR) is 72.5 cm³/mol. The van der Waals surface area contributed by atoms with Crippen LogP contribution in [0.15, 0.2) is 0 Å². The summed E-state index contributed by atoms with van der Waals surface area (Å²) in [5.74, 6) is -0.374. The van der Waals surface area contributed by atoms with Crippen molar-refractivity contribution in [3.05, 3.63) is 0 Å². The molecule has 1 unspecified atom stereocenters. The van der Waals surface area contributed by atoms with Crippen LogP contribution >= 0.6 is 0 Å². The number of carbonyl (C=O) groups is 3. The standard InChI is InChI=1S/C13H22N4O3/c14-11(18)6-9-3-5-17(8-9)12(19)7-16-13(20)10-2-1-4-15-10/h9-10,15H,1-8H2,(H2,14,18)(H,16,20)/t9-,10?/m0/s1. The van der Waals surface area contributed by atoms with Crippen molar-refractivity contribution in [3.8, 4) is 0 Å². The average Bonchev–Trinajstić information content (AvgIpc) is 3.05. The molecule has 7 heteroatoms. The van der Waals surface area contributed by atoms with Crippen LogP contribution < -0.4 is 16.4 Å². The van der Waals surface area contributed by atoms with Gasteiger partial charge in [-0.15, -0.1) is 0 Å². The normalized spacial score (nSPS) is 25.7. The van der Waals surface area contributed by atoms with Gasteiger partial charge in [0.1, 0.15) is 0 Å². The number of nitrogens with two attached hydrogens (primary N) is 1. The number of rotatable bonds is 5. The molecule has 2 rings (SSSR count). The summed E-state index contributed by atoms with van der Waals surface area (Å²) in [5.41, 5.74) is 5.16. The van der Waals surface area contributed by atoms with E-state index in [0.29, 0.717) is 19.5 Å². The summed E-state index contributed by atoms with van der Waals surface area (Å²) in [6, 6.07) is -0.163. The molecule has 3 amide bonds. The first-order chi connectivity index (χ1) is 9.56. The van der Waals surface area contributed by atoms with Crippen molar-refractivity contribution in [1.82, 2.24) is 15.5 Å². The lowest BCUT2D eigenvalue weighted by Gasteiger charge is -2.17. The Bertz CT molecular complexity index is 393. The van der Waals surface area contributed by atoms with Gasteiger partial charge in [0, 0.05) is 19.5 Å². The summed E-state index contributed by atoms with van der Waals surface area (Å²) in [7, 11) is 0. The number of carbonyl (C=O) groups excluding carboxylic acids is 3. The van der Waals surface area contributed by atoms with Gasteiger partial charge in [-0.05, 0) is 31.7 Å². The highest BCUT2D eigenvalue weighted by molar-refractivity contribution is 5.87. The monoisotopic (exact) mass is 282 g/mol. The topological polar surface area (TPSA) is 105 Å². The Morgan fingerprint density at radius 1 is 1.30 bits per heavy atom. The van der Waals surface area contributed by atoms with E-state index in [9.17, 15) is 14.4 Å². The van der Waals surface area contributed by atoms with Crippen molar-refractivity contribution in [2.75, 3.05) is 26.2 Å². The van der Waals surface area contributed by atoms with E-state index in [2.05, 4.69) is 10.6 Å². The van der Waals surface area contributed by atoms with Gasteiger partial charge >= 0.3 is 0 Å². The molecule has 112 valence electrons. The van der Waals surface area contributed by atoms with Gasteiger partial charge in [0.05, 0.1) is 12.6 Å². The molecule has 2 heterocycles. The number of primary amides is 1. The van der Waals surface area contributed by atoms with Crippen LogP contribution in [-0.4, -0.2) is 54.8 Å². The Morgan fingerprint density at radius 3 is 2.75 bits per heavy atom. The molecular weight excluding hydrogens is 260 g/mol. The molecule has 0 aromatic heterocycles. The van der Waals surface area contributed by atoms with Crippen molar-refractivity contribution >= 4 is 17.7 Å². The van der Waals surface area contributed by atoms with Crippen LogP contribution in [0, 0.1) is 5.92 Å². The molecule has 0 aromatic carbocycles. The third-order valence-corrected chi connectivity index (χ3v) is 3.92. The number of hydrogen-bond acceptors (Lipinski definition) is 4. The van der Waals surface area contributed by atoms with Gasteiger partial charge in [0.2, 0.25) is 17.7 Å². The summed E-state index contributed by atoms with van der Waals surface area (Å²) in [6.07, 6.45) is 2.94. The zero-order chi connectivity index (χ0) is 14.5. The van der Waals surface area contributed by atoms with Gasteiger partial charge in [0.25, 0.3) is 0 Å². The number of nitrogens with one attached hydrogen (secondary N) is 2. The number of hydrogen-bond donors (Lipinski definition) is 3. The molecule has 0 aromatic rings. The van der Waals surface area contributed by atoms with Crippen LogP contribution in [-0.2, 0) is 14.4 Å². The molecule has 2 atom stereocenters. The van der Waals surface area contributed by atoms with Crippen LogP contribution in [0.1, 0.15) is 25.7 Å². The third-order valence-electron chi connectivity index (χ3n) is 3.92. The maximum absolute atomic E-state index is 12.0. The van der Waals surface area contributed by atoms with E-state index in [1.807, 2.05) is 0 Å². The van der Waals surface area contributed by atoms with E-state index >= 15 is 0 Å². The Labute approximate surface area is 118 Å². The SMILES string of the molecule is NC(=O)C[C@@H]1CCN(C(=O)CNC(=O)C2CCCN2)C1. The highest BCUT2D eigenvalue weighted by Gasteiger charge is 2.28. The van der Waals surface area contributed by atoms with Gasteiger partial charge in [-0.1, -0.05) is 0 Å². The molecule has 20 heavy (non-hydrogen) atoms. The van der Waals surface area contributed by atoms with Crippen LogP contribution in [0.4, 0.5) is 0 Å². The highest BCUT2D eigenvalue weighted by atomic mass is 16.2. The Kier molecular flexibility index (Phi) is 4.94. The summed E-state index contributed by atoms with van der Waals surface area (Å²) in [4.78, 5) is 36.3. The van der Waals surface area contributed by atoms with Gasteiger partial charge < -0.3 is 21.3 Å². The zero-order valence-corrected chi connectivity index (χ0v) is 11.6. The summed E-state index contributed by atoms with van der Waals surface area (Å²) in [6.45, 7) is 2.07. The molecule has 2 aliphatic rings. The maximum Gasteiger partial charge on any atom is 0.241 e. The molecule has 0 aliphatic carbocycles. The van der Waals surface area contributed by atoms with E-state index in [4.69, 9.17) is 5.73 Å². The molecule has 2 saturated heterocycles. The highest BCUT2D eigenvalue weighted by Crippen LogP contribution is 2.19. The van der Waals surface area contributed by atoms with Gasteiger partial charge in [-0.2, -0.15) is 0 Å². The predicted octanol–water partition coefficient (Wildman–Crippen LogP) is -1.42. The summed E-state index contributed by atoms with van der Waals surface area (Å²) >= 11 is 0. The van der Waals surface area contributed by atoms with Crippen molar-refractivity contribution in [2.24, 2.45) is 11.7 Å². The molecule has 0 bridgehead atoms. The van der Waals surface area contributed by atoms with Crippen molar-refractivity contribution in [3.63, 3.8) is 0 Å². The molecule has 2 fully saturated rings. The third kappa shape index (κ3) is 3.93. The first kappa shape index (κ1) is 14.8. The van der Waals surface area contributed by atoms with Crippen molar-refractivity contribution in [2.45, 2.75) is 31.7 Å². The minimum atomic E-state index is -0.329. The fourth-order valence-electron chi connectivity index (χ4n) is 2.82. The van der Waals surface area contributed by atoms with E-state index in [1.165, 1.54) is 0 Å². The van der Waals surface area contributed by atoms with Crippen LogP contribution in [0.25, 0.3) is 0 Å². The van der Waals surface area contributed by atoms with Crippen molar-refractivity contribution < 1.29 is 14.4 Å². The maximum atomic E-state index is 12.0. The molecule has 2 aliphatic heterocycles.